The van der Waals surface area contributed by atoms with E-state index in [0.29, 0.717) is 6.54 Å². The SMILES string of the molecule is NCc1cccc(CN2CCN3CCCCC3C2)n1. The Bertz CT molecular complexity index is 420. The summed E-state index contributed by atoms with van der Waals surface area (Å²) in [6.07, 6.45) is 4.15. The van der Waals surface area contributed by atoms with Crippen molar-refractivity contribution in [2.24, 2.45) is 5.73 Å². The van der Waals surface area contributed by atoms with E-state index in [1.54, 1.807) is 0 Å². The number of rotatable bonds is 3. The fraction of sp³-hybridized carbons (Fsp3) is 0.667. The number of nitrogens with zero attached hydrogens (tertiary/aromatic N) is 3. The molecule has 4 nitrogen and oxygen atoms in total. The zero-order valence-electron chi connectivity index (χ0n) is 11.6. The molecule has 1 atom stereocenters. The van der Waals surface area contributed by atoms with Crippen LogP contribution in [0.2, 0.25) is 0 Å². The predicted octanol–water partition coefficient (Wildman–Crippen LogP) is 1.21. The zero-order chi connectivity index (χ0) is 13.1. The fourth-order valence-electron chi connectivity index (χ4n) is 3.32. The first-order valence-corrected chi connectivity index (χ1v) is 7.46. The van der Waals surface area contributed by atoms with Crippen molar-refractivity contribution in [1.82, 2.24) is 14.8 Å². The van der Waals surface area contributed by atoms with Gasteiger partial charge in [0, 0.05) is 38.8 Å². The molecule has 2 aliphatic heterocycles. The van der Waals surface area contributed by atoms with Gasteiger partial charge in [-0.1, -0.05) is 12.5 Å². The third-order valence-corrected chi connectivity index (χ3v) is 4.38. The normalized spacial score (nSPS) is 25.2. The molecule has 2 aliphatic rings. The van der Waals surface area contributed by atoms with Crippen molar-refractivity contribution in [3.05, 3.63) is 29.6 Å². The molecule has 1 aromatic rings. The number of hydrogen-bond donors (Lipinski definition) is 1. The van der Waals surface area contributed by atoms with Crippen LogP contribution >= 0.6 is 0 Å². The summed E-state index contributed by atoms with van der Waals surface area (Å²) in [4.78, 5) is 9.83. The second kappa shape index (κ2) is 5.99. The first kappa shape index (κ1) is 13.0. The van der Waals surface area contributed by atoms with Crippen molar-refractivity contribution in [1.29, 1.82) is 0 Å². The molecule has 0 saturated carbocycles. The van der Waals surface area contributed by atoms with Gasteiger partial charge in [0.15, 0.2) is 0 Å². The van der Waals surface area contributed by atoms with Gasteiger partial charge in [0.25, 0.3) is 0 Å². The summed E-state index contributed by atoms with van der Waals surface area (Å²) in [5.74, 6) is 0. The third-order valence-electron chi connectivity index (χ3n) is 4.38. The summed E-state index contributed by atoms with van der Waals surface area (Å²) < 4.78 is 0. The molecule has 104 valence electrons. The van der Waals surface area contributed by atoms with Gasteiger partial charge in [0.1, 0.15) is 0 Å². The van der Waals surface area contributed by atoms with Crippen LogP contribution in [0, 0.1) is 0 Å². The average Bonchev–Trinajstić information content (AvgIpc) is 2.47. The van der Waals surface area contributed by atoms with E-state index in [0.717, 1.165) is 24.0 Å². The Morgan fingerprint density at radius 2 is 2.05 bits per heavy atom. The summed E-state index contributed by atoms with van der Waals surface area (Å²) in [7, 11) is 0. The summed E-state index contributed by atoms with van der Waals surface area (Å²) >= 11 is 0. The number of piperidine rings is 1. The van der Waals surface area contributed by atoms with Gasteiger partial charge in [-0.05, 0) is 31.5 Å². The smallest absolute Gasteiger partial charge is 0.0547 e. The fourth-order valence-corrected chi connectivity index (χ4v) is 3.32. The van der Waals surface area contributed by atoms with E-state index >= 15 is 0 Å². The molecule has 0 amide bonds. The predicted molar refractivity (Wildman–Crippen MR) is 76.6 cm³/mol. The Morgan fingerprint density at radius 1 is 1.16 bits per heavy atom. The lowest BCUT2D eigenvalue weighted by Gasteiger charge is -2.44. The number of nitrogens with two attached hydrogens (primary N) is 1. The van der Waals surface area contributed by atoms with Crippen LogP contribution in [0.1, 0.15) is 30.7 Å². The molecule has 0 aromatic carbocycles. The highest BCUT2D eigenvalue weighted by Crippen LogP contribution is 2.21. The van der Waals surface area contributed by atoms with Crippen LogP contribution in [-0.2, 0) is 13.1 Å². The van der Waals surface area contributed by atoms with Crippen LogP contribution < -0.4 is 5.73 Å². The van der Waals surface area contributed by atoms with Crippen molar-refractivity contribution in [2.45, 2.75) is 38.4 Å². The van der Waals surface area contributed by atoms with Gasteiger partial charge in [-0.2, -0.15) is 0 Å². The largest absolute Gasteiger partial charge is 0.325 e. The van der Waals surface area contributed by atoms with Crippen LogP contribution in [0.4, 0.5) is 0 Å². The molecule has 2 fully saturated rings. The molecular weight excluding hydrogens is 236 g/mol. The molecule has 19 heavy (non-hydrogen) atoms. The third kappa shape index (κ3) is 3.14. The molecule has 0 radical (unpaired) electrons. The number of fused-ring (bicyclic) bond motifs is 1. The maximum Gasteiger partial charge on any atom is 0.0547 e. The van der Waals surface area contributed by atoms with Crippen LogP contribution in [-0.4, -0.2) is 47.0 Å². The minimum Gasteiger partial charge on any atom is -0.325 e. The van der Waals surface area contributed by atoms with Crippen LogP contribution in [0.15, 0.2) is 18.2 Å². The molecule has 3 heterocycles. The van der Waals surface area contributed by atoms with Crippen LogP contribution in [0.5, 0.6) is 0 Å². The topological polar surface area (TPSA) is 45.4 Å². The van der Waals surface area contributed by atoms with E-state index in [2.05, 4.69) is 26.9 Å². The monoisotopic (exact) mass is 260 g/mol. The molecule has 1 aromatic heterocycles. The van der Waals surface area contributed by atoms with Gasteiger partial charge in [-0.25, -0.2) is 0 Å². The lowest BCUT2D eigenvalue weighted by atomic mass is 9.99. The Hall–Kier alpha value is -0.970. The molecule has 0 bridgehead atoms. The van der Waals surface area contributed by atoms with Crippen molar-refractivity contribution < 1.29 is 0 Å². The molecule has 0 aliphatic carbocycles. The average molecular weight is 260 g/mol. The Labute approximate surface area is 115 Å². The van der Waals surface area contributed by atoms with Crippen LogP contribution in [0.3, 0.4) is 0 Å². The van der Waals surface area contributed by atoms with Gasteiger partial charge in [0.2, 0.25) is 0 Å². The lowest BCUT2D eigenvalue weighted by Crippen LogP contribution is -2.54. The second-order valence-electron chi connectivity index (χ2n) is 5.75. The maximum absolute atomic E-state index is 5.66. The van der Waals surface area contributed by atoms with E-state index in [9.17, 15) is 0 Å². The Kier molecular flexibility index (Phi) is 4.11. The van der Waals surface area contributed by atoms with Crippen LogP contribution in [0.25, 0.3) is 0 Å². The number of hydrogen-bond acceptors (Lipinski definition) is 4. The molecule has 1 unspecified atom stereocenters. The highest BCUT2D eigenvalue weighted by Gasteiger charge is 2.28. The van der Waals surface area contributed by atoms with E-state index < -0.39 is 0 Å². The molecule has 4 heteroatoms. The van der Waals surface area contributed by atoms with Crippen molar-refractivity contribution in [2.75, 3.05) is 26.2 Å². The number of aromatic nitrogens is 1. The standard InChI is InChI=1S/C15H24N4/c16-10-13-4-3-5-14(17-13)11-18-8-9-19-7-2-1-6-15(19)12-18/h3-5,15H,1-2,6-12,16H2. The molecule has 2 N–H and O–H groups in total. The molecule has 2 saturated heterocycles. The molecule has 3 rings (SSSR count). The van der Waals surface area contributed by atoms with Gasteiger partial charge >= 0.3 is 0 Å². The molecular formula is C15H24N4. The van der Waals surface area contributed by atoms with E-state index in [-0.39, 0.29) is 0 Å². The lowest BCUT2D eigenvalue weighted by molar-refractivity contribution is 0.0451. The van der Waals surface area contributed by atoms with E-state index in [4.69, 9.17) is 5.73 Å². The number of pyridine rings is 1. The minimum absolute atomic E-state index is 0.532. The first-order valence-electron chi connectivity index (χ1n) is 7.46. The van der Waals surface area contributed by atoms with E-state index in [1.165, 1.54) is 45.4 Å². The highest BCUT2D eigenvalue weighted by molar-refractivity contribution is 5.11. The number of piperazine rings is 1. The van der Waals surface area contributed by atoms with Gasteiger partial charge in [-0.3, -0.25) is 14.8 Å². The summed E-state index contributed by atoms with van der Waals surface area (Å²) in [6.45, 7) is 6.41. The quantitative estimate of drug-likeness (QED) is 0.887. The summed E-state index contributed by atoms with van der Waals surface area (Å²) in [5.41, 5.74) is 7.81. The van der Waals surface area contributed by atoms with Crippen molar-refractivity contribution >= 4 is 0 Å². The molecule has 0 spiro atoms. The van der Waals surface area contributed by atoms with Crippen molar-refractivity contribution in [3.8, 4) is 0 Å². The van der Waals surface area contributed by atoms with Gasteiger partial charge in [0.05, 0.1) is 11.4 Å². The van der Waals surface area contributed by atoms with Crippen molar-refractivity contribution in [3.63, 3.8) is 0 Å². The Morgan fingerprint density at radius 3 is 2.95 bits per heavy atom. The Balaban J connectivity index is 1.60. The minimum atomic E-state index is 0.532. The maximum atomic E-state index is 5.66. The summed E-state index contributed by atoms with van der Waals surface area (Å²) in [5, 5.41) is 0. The van der Waals surface area contributed by atoms with Gasteiger partial charge < -0.3 is 5.73 Å². The van der Waals surface area contributed by atoms with Gasteiger partial charge in [-0.15, -0.1) is 0 Å². The highest BCUT2D eigenvalue weighted by atomic mass is 15.3. The second-order valence-corrected chi connectivity index (χ2v) is 5.75. The first-order chi connectivity index (χ1) is 9.35. The zero-order valence-corrected chi connectivity index (χ0v) is 11.6. The van der Waals surface area contributed by atoms with E-state index in [1.807, 2.05) is 6.07 Å². The summed E-state index contributed by atoms with van der Waals surface area (Å²) in [6, 6.07) is 6.97.